The van der Waals surface area contributed by atoms with E-state index in [1.165, 1.54) is 0 Å². The lowest BCUT2D eigenvalue weighted by Crippen LogP contribution is -2.56. The molecule has 0 spiro atoms. The first-order chi connectivity index (χ1) is 15.1. The van der Waals surface area contributed by atoms with E-state index in [2.05, 4.69) is 22.8 Å². The number of fused-ring (bicyclic) bond motifs is 3. The number of carbonyl (C=O) groups is 3. The zero-order valence-corrected chi connectivity index (χ0v) is 18.8. The maximum absolute atomic E-state index is 12.7. The van der Waals surface area contributed by atoms with E-state index < -0.39 is 35.5 Å². The van der Waals surface area contributed by atoms with E-state index in [0.29, 0.717) is 0 Å². The van der Waals surface area contributed by atoms with Crippen LogP contribution in [0.2, 0.25) is 0 Å². The Morgan fingerprint density at radius 3 is 1.97 bits per heavy atom. The molecule has 0 aromatic heterocycles. The molecule has 0 heterocycles. The standard InChI is InChI=1S/C25H30N2O5/c1-5-20(23(29)30)26-22(28)21(25(2,3)4)27-24(31)32-14-19-17-12-8-6-10-15(17)16-11-7-9-13-18(16)19/h6-13,19-21H,5,14H2,1-4H3,(H,26,28)(H,27,31)(H,29,30)/t20-,21+/m1/s1. The number of carboxylic acids is 1. The van der Waals surface area contributed by atoms with Crippen molar-refractivity contribution in [1.82, 2.24) is 10.6 Å². The summed E-state index contributed by atoms with van der Waals surface area (Å²) in [6.07, 6.45) is -0.478. The van der Waals surface area contributed by atoms with Gasteiger partial charge in [0.15, 0.2) is 0 Å². The van der Waals surface area contributed by atoms with Gasteiger partial charge in [0, 0.05) is 5.92 Å². The van der Waals surface area contributed by atoms with E-state index >= 15 is 0 Å². The summed E-state index contributed by atoms with van der Waals surface area (Å²) < 4.78 is 5.55. The van der Waals surface area contributed by atoms with Gasteiger partial charge in [0.25, 0.3) is 0 Å². The van der Waals surface area contributed by atoms with Crippen molar-refractivity contribution in [2.45, 2.75) is 52.1 Å². The zero-order chi connectivity index (χ0) is 23.5. The normalized spacial score (nSPS) is 14.6. The molecule has 1 aliphatic carbocycles. The number of hydrogen-bond donors (Lipinski definition) is 3. The molecular formula is C25H30N2O5. The summed E-state index contributed by atoms with van der Waals surface area (Å²) in [5.41, 5.74) is 3.80. The molecule has 0 bridgehead atoms. The van der Waals surface area contributed by atoms with Crippen LogP contribution in [0.1, 0.15) is 51.2 Å². The maximum atomic E-state index is 12.7. The van der Waals surface area contributed by atoms with E-state index in [-0.39, 0.29) is 18.9 Å². The molecule has 0 aliphatic heterocycles. The molecule has 7 nitrogen and oxygen atoms in total. The van der Waals surface area contributed by atoms with Crippen LogP contribution in [0.5, 0.6) is 0 Å². The van der Waals surface area contributed by atoms with Gasteiger partial charge in [-0.2, -0.15) is 0 Å². The number of carboxylic acid groups (broad SMARTS) is 1. The Morgan fingerprint density at radius 2 is 1.50 bits per heavy atom. The summed E-state index contributed by atoms with van der Waals surface area (Å²) in [5, 5.41) is 14.4. The van der Waals surface area contributed by atoms with Crippen LogP contribution in [-0.2, 0) is 14.3 Å². The number of benzene rings is 2. The van der Waals surface area contributed by atoms with Gasteiger partial charge in [-0.25, -0.2) is 9.59 Å². The molecule has 2 amide bonds. The van der Waals surface area contributed by atoms with E-state index in [1.54, 1.807) is 27.7 Å². The van der Waals surface area contributed by atoms with Crippen LogP contribution < -0.4 is 10.6 Å². The number of carbonyl (C=O) groups excluding carboxylic acids is 2. The second kappa shape index (κ2) is 9.42. The van der Waals surface area contributed by atoms with Gasteiger partial charge in [-0.05, 0) is 34.1 Å². The predicted molar refractivity (Wildman–Crippen MR) is 121 cm³/mol. The smallest absolute Gasteiger partial charge is 0.407 e. The van der Waals surface area contributed by atoms with Gasteiger partial charge in [0.2, 0.25) is 5.91 Å². The van der Waals surface area contributed by atoms with Gasteiger partial charge >= 0.3 is 12.1 Å². The van der Waals surface area contributed by atoms with Crippen LogP contribution in [0.15, 0.2) is 48.5 Å². The third-order valence-corrected chi connectivity index (χ3v) is 5.76. The maximum Gasteiger partial charge on any atom is 0.407 e. The van der Waals surface area contributed by atoms with E-state index in [4.69, 9.17) is 4.74 Å². The molecular weight excluding hydrogens is 408 g/mol. The van der Waals surface area contributed by atoms with Crippen molar-refractivity contribution < 1.29 is 24.2 Å². The quantitative estimate of drug-likeness (QED) is 0.608. The minimum atomic E-state index is -1.12. The summed E-state index contributed by atoms with van der Waals surface area (Å²) in [5.74, 6) is -1.76. The van der Waals surface area contributed by atoms with Gasteiger partial charge in [0.05, 0.1) is 0 Å². The Hall–Kier alpha value is -3.35. The summed E-state index contributed by atoms with van der Waals surface area (Å²) in [6.45, 7) is 7.18. The monoisotopic (exact) mass is 438 g/mol. The molecule has 2 aromatic rings. The third-order valence-electron chi connectivity index (χ3n) is 5.76. The van der Waals surface area contributed by atoms with Crippen LogP contribution >= 0.6 is 0 Å². The van der Waals surface area contributed by atoms with Crippen molar-refractivity contribution in [3.8, 4) is 11.1 Å². The Bertz CT molecular complexity index is 966. The molecule has 0 unspecified atom stereocenters. The molecule has 32 heavy (non-hydrogen) atoms. The molecule has 3 N–H and O–H groups in total. The average Bonchev–Trinajstić information content (AvgIpc) is 3.07. The first kappa shape index (κ1) is 23.3. The minimum Gasteiger partial charge on any atom is -0.480 e. The number of amides is 2. The molecule has 0 saturated heterocycles. The van der Waals surface area contributed by atoms with Gasteiger partial charge < -0.3 is 20.5 Å². The highest BCUT2D eigenvalue weighted by Gasteiger charge is 2.36. The highest BCUT2D eigenvalue weighted by molar-refractivity contribution is 5.89. The molecule has 170 valence electrons. The number of aliphatic carboxylic acids is 1. The first-order valence-corrected chi connectivity index (χ1v) is 10.8. The average molecular weight is 439 g/mol. The highest BCUT2D eigenvalue weighted by atomic mass is 16.5. The predicted octanol–water partition coefficient (Wildman–Crippen LogP) is 3.92. The fourth-order valence-electron chi connectivity index (χ4n) is 4.03. The van der Waals surface area contributed by atoms with Crippen LogP contribution in [0.4, 0.5) is 4.79 Å². The topological polar surface area (TPSA) is 105 Å². The molecule has 0 fully saturated rings. The van der Waals surface area contributed by atoms with Crippen LogP contribution in [0.3, 0.4) is 0 Å². The molecule has 1 aliphatic rings. The first-order valence-electron chi connectivity index (χ1n) is 10.8. The van der Waals surface area contributed by atoms with Gasteiger partial charge in [-0.15, -0.1) is 0 Å². The number of alkyl carbamates (subject to hydrolysis) is 1. The minimum absolute atomic E-state index is 0.0912. The van der Waals surface area contributed by atoms with Gasteiger partial charge in [-0.3, -0.25) is 4.79 Å². The van der Waals surface area contributed by atoms with Crippen molar-refractivity contribution in [2.24, 2.45) is 5.41 Å². The summed E-state index contributed by atoms with van der Waals surface area (Å²) in [4.78, 5) is 36.7. The second-order valence-electron chi connectivity index (χ2n) is 9.08. The highest BCUT2D eigenvalue weighted by Crippen LogP contribution is 2.44. The summed E-state index contributed by atoms with van der Waals surface area (Å²) >= 11 is 0. The largest absolute Gasteiger partial charge is 0.480 e. The Balaban J connectivity index is 1.70. The Kier molecular flexibility index (Phi) is 6.87. The molecule has 3 rings (SSSR count). The van der Waals surface area contributed by atoms with Crippen molar-refractivity contribution in [1.29, 1.82) is 0 Å². The van der Waals surface area contributed by atoms with Gasteiger partial charge in [-0.1, -0.05) is 76.2 Å². The number of hydrogen-bond acceptors (Lipinski definition) is 4. The number of rotatable bonds is 7. The van der Waals surface area contributed by atoms with Crippen molar-refractivity contribution in [2.75, 3.05) is 6.61 Å². The van der Waals surface area contributed by atoms with E-state index in [9.17, 15) is 19.5 Å². The van der Waals surface area contributed by atoms with Crippen molar-refractivity contribution in [3.05, 3.63) is 59.7 Å². The Labute approximate surface area is 188 Å². The van der Waals surface area contributed by atoms with Crippen LogP contribution in [0.25, 0.3) is 11.1 Å². The summed E-state index contributed by atoms with van der Waals surface area (Å²) in [7, 11) is 0. The lowest BCUT2D eigenvalue weighted by atomic mass is 9.86. The second-order valence-corrected chi connectivity index (χ2v) is 9.08. The fraction of sp³-hybridized carbons (Fsp3) is 0.400. The van der Waals surface area contributed by atoms with Crippen molar-refractivity contribution in [3.63, 3.8) is 0 Å². The SMILES string of the molecule is CC[C@@H](NC(=O)[C@H](NC(=O)OCC1c2ccccc2-c2ccccc21)C(C)(C)C)C(=O)O. The Morgan fingerprint density at radius 1 is 0.969 bits per heavy atom. The lowest BCUT2D eigenvalue weighted by molar-refractivity contribution is -0.142. The van der Waals surface area contributed by atoms with E-state index in [0.717, 1.165) is 22.3 Å². The zero-order valence-electron chi connectivity index (χ0n) is 18.8. The van der Waals surface area contributed by atoms with Crippen molar-refractivity contribution >= 4 is 18.0 Å². The third kappa shape index (κ3) is 4.93. The number of ether oxygens (including phenoxy) is 1. The molecule has 2 aromatic carbocycles. The molecule has 2 atom stereocenters. The fourth-order valence-corrected chi connectivity index (χ4v) is 4.03. The molecule has 0 saturated carbocycles. The molecule has 7 heteroatoms. The lowest BCUT2D eigenvalue weighted by Gasteiger charge is -2.31. The summed E-state index contributed by atoms with van der Waals surface area (Å²) in [6, 6.07) is 14.1. The van der Waals surface area contributed by atoms with Crippen LogP contribution in [-0.4, -0.2) is 41.8 Å². The van der Waals surface area contributed by atoms with E-state index in [1.807, 2.05) is 36.4 Å². The number of nitrogens with one attached hydrogen (secondary N) is 2. The van der Waals surface area contributed by atoms with Crippen LogP contribution in [0, 0.1) is 5.41 Å². The van der Waals surface area contributed by atoms with Gasteiger partial charge in [0.1, 0.15) is 18.7 Å². The molecule has 0 radical (unpaired) electrons.